The van der Waals surface area contributed by atoms with E-state index in [1.165, 1.54) is 7.05 Å². The molecule has 1 fully saturated rings. The van der Waals surface area contributed by atoms with Crippen LogP contribution < -0.4 is 5.32 Å². The minimum absolute atomic E-state index is 0.156. The van der Waals surface area contributed by atoms with Gasteiger partial charge in [0, 0.05) is 30.7 Å². The fourth-order valence-electron chi connectivity index (χ4n) is 3.52. The highest BCUT2D eigenvalue weighted by molar-refractivity contribution is 6.25. The molecule has 30 heavy (non-hydrogen) atoms. The average molecular weight is 423 g/mol. The Bertz CT molecular complexity index is 1200. The van der Waals surface area contributed by atoms with Crippen molar-refractivity contribution in [2.24, 2.45) is 0 Å². The van der Waals surface area contributed by atoms with Crippen molar-refractivity contribution in [3.63, 3.8) is 0 Å². The molecule has 0 saturated heterocycles. The van der Waals surface area contributed by atoms with Crippen LogP contribution in [-0.2, 0) is 6.54 Å². The predicted octanol–water partition coefficient (Wildman–Crippen LogP) is 3.39. The maximum absolute atomic E-state index is 12.2. The minimum Gasteiger partial charge on any atom is -0.324 e. The van der Waals surface area contributed by atoms with Gasteiger partial charge in [0.05, 0.1) is 34.4 Å². The van der Waals surface area contributed by atoms with Crippen LogP contribution in [0.5, 0.6) is 0 Å². The third kappa shape index (κ3) is 3.23. The molecular formula is C21H19ClN6O2. The first-order valence-electron chi connectivity index (χ1n) is 9.62. The van der Waals surface area contributed by atoms with Crippen LogP contribution in [0.25, 0.3) is 11.3 Å². The van der Waals surface area contributed by atoms with E-state index in [9.17, 15) is 9.59 Å². The van der Waals surface area contributed by atoms with Crippen LogP contribution in [0.2, 0.25) is 0 Å². The molecule has 1 aromatic carbocycles. The van der Waals surface area contributed by atoms with Crippen LogP contribution in [0, 0.1) is 6.92 Å². The number of hydrogen-bond acceptors (Lipinski definition) is 6. The lowest BCUT2D eigenvalue weighted by Gasteiger charge is -2.09. The van der Waals surface area contributed by atoms with Crippen LogP contribution in [0.3, 0.4) is 0 Å². The maximum atomic E-state index is 12.2. The first-order chi connectivity index (χ1) is 14.3. The van der Waals surface area contributed by atoms with E-state index < -0.39 is 0 Å². The van der Waals surface area contributed by atoms with Gasteiger partial charge >= 0.3 is 0 Å². The summed E-state index contributed by atoms with van der Waals surface area (Å²) in [6.45, 7) is 2.62. The van der Waals surface area contributed by atoms with Crippen molar-refractivity contribution in [3.05, 3.63) is 53.5 Å². The second kappa shape index (κ2) is 6.63. The lowest BCUT2D eigenvalue weighted by molar-refractivity contribution is 0.0693. The topological polar surface area (TPSA) is 93.0 Å². The van der Waals surface area contributed by atoms with E-state index in [1.807, 2.05) is 17.8 Å². The zero-order valence-electron chi connectivity index (χ0n) is 16.5. The summed E-state index contributed by atoms with van der Waals surface area (Å²) in [5, 5.41) is 7.54. The molecule has 0 radical (unpaired) electrons. The summed E-state index contributed by atoms with van der Waals surface area (Å²) >= 11 is 6.40. The van der Waals surface area contributed by atoms with Crippen molar-refractivity contribution in [3.8, 4) is 11.3 Å². The van der Waals surface area contributed by atoms with Crippen molar-refractivity contribution in [1.29, 1.82) is 0 Å². The van der Waals surface area contributed by atoms with Crippen LogP contribution in [0.4, 0.5) is 11.6 Å². The summed E-state index contributed by atoms with van der Waals surface area (Å²) in [6, 6.07) is 5.02. The fourth-order valence-corrected chi connectivity index (χ4v) is 3.74. The normalized spacial score (nSPS) is 16.7. The van der Waals surface area contributed by atoms with Gasteiger partial charge in [-0.3, -0.25) is 19.2 Å². The lowest BCUT2D eigenvalue weighted by Crippen LogP contribution is -2.24. The van der Waals surface area contributed by atoms with Gasteiger partial charge in [-0.2, -0.15) is 5.10 Å². The molecular weight excluding hydrogens is 404 g/mol. The first kappa shape index (κ1) is 18.7. The second-order valence-corrected chi connectivity index (χ2v) is 8.66. The van der Waals surface area contributed by atoms with Crippen LogP contribution in [0.15, 0.2) is 36.8 Å². The molecule has 0 unspecified atom stereocenters. The fraction of sp³-hybridized carbons (Fsp3) is 0.286. The van der Waals surface area contributed by atoms with E-state index in [2.05, 4.69) is 20.4 Å². The Morgan fingerprint density at radius 1 is 1.17 bits per heavy atom. The molecule has 2 amide bonds. The van der Waals surface area contributed by atoms with Gasteiger partial charge in [-0.1, -0.05) is 0 Å². The molecule has 1 aliphatic carbocycles. The Balaban J connectivity index is 1.41. The SMILES string of the molecule is Cc1cnc(Nc2ccc3c(c2)C(=O)N(C)C3=O)nc1-c1cnn(CC2(Cl)CC2)c1. The zero-order chi connectivity index (χ0) is 21.0. The molecule has 1 aliphatic heterocycles. The maximum Gasteiger partial charge on any atom is 0.261 e. The van der Waals surface area contributed by atoms with E-state index in [4.69, 9.17) is 11.6 Å². The number of fused-ring (bicyclic) bond motifs is 1. The first-order valence-corrected chi connectivity index (χ1v) is 10.00. The Morgan fingerprint density at radius 3 is 2.70 bits per heavy atom. The highest BCUT2D eigenvalue weighted by Gasteiger charge is 2.41. The number of halogens is 1. The summed E-state index contributed by atoms with van der Waals surface area (Å²) in [4.78, 5) is 34.2. The molecule has 0 bridgehead atoms. The Labute approximate surface area is 177 Å². The van der Waals surface area contributed by atoms with Gasteiger partial charge in [0.15, 0.2) is 0 Å². The van der Waals surface area contributed by atoms with Crippen LogP contribution >= 0.6 is 11.6 Å². The molecule has 2 aliphatic rings. The van der Waals surface area contributed by atoms with Crippen molar-refractivity contribution in [2.75, 3.05) is 12.4 Å². The Hall–Kier alpha value is -3.26. The lowest BCUT2D eigenvalue weighted by atomic mass is 10.1. The number of rotatable bonds is 5. The number of anilines is 2. The number of aryl methyl sites for hydroxylation is 1. The molecule has 0 atom stereocenters. The number of aromatic nitrogens is 4. The summed E-state index contributed by atoms with van der Waals surface area (Å²) in [6.07, 6.45) is 7.47. The molecule has 152 valence electrons. The van der Waals surface area contributed by atoms with Gasteiger partial charge in [-0.05, 0) is 43.5 Å². The smallest absolute Gasteiger partial charge is 0.261 e. The molecule has 0 spiro atoms. The van der Waals surface area contributed by atoms with E-state index in [1.54, 1.807) is 30.6 Å². The quantitative estimate of drug-likeness (QED) is 0.500. The third-order valence-corrected chi connectivity index (χ3v) is 5.96. The summed E-state index contributed by atoms with van der Waals surface area (Å²) in [5.41, 5.74) is 3.98. The molecule has 3 heterocycles. The molecule has 2 aromatic heterocycles. The monoisotopic (exact) mass is 422 g/mol. The third-order valence-electron chi connectivity index (χ3n) is 5.46. The van der Waals surface area contributed by atoms with Crippen molar-refractivity contribution < 1.29 is 9.59 Å². The number of hydrogen-bond donors (Lipinski definition) is 1. The second-order valence-electron chi connectivity index (χ2n) is 7.86. The van der Waals surface area contributed by atoms with Gasteiger partial charge in [-0.25, -0.2) is 9.97 Å². The number of benzene rings is 1. The van der Waals surface area contributed by atoms with Crippen LogP contribution in [-0.4, -0.2) is 48.4 Å². The summed E-state index contributed by atoms with van der Waals surface area (Å²) < 4.78 is 1.85. The zero-order valence-corrected chi connectivity index (χ0v) is 17.3. The van der Waals surface area contributed by atoms with E-state index in [-0.39, 0.29) is 16.7 Å². The largest absolute Gasteiger partial charge is 0.324 e. The standard InChI is InChI=1S/C21H19ClN6O2/c1-12-8-23-20(25-14-3-4-15-16(7-14)19(30)27(2)18(15)29)26-17(12)13-9-24-28(10-13)11-21(22)5-6-21/h3-4,7-10H,5-6,11H2,1-2H3,(H,23,25,26). The number of carbonyl (C=O) groups excluding carboxylic acids is 2. The summed E-state index contributed by atoms with van der Waals surface area (Å²) in [7, 11) is 1.47. The number of nitrogens with zero attached hydrogens (tertiary/aromatic N) is 5. The number of imide groups is 1. The molecule has 5 rings (SSSR count). The number of nitrogens with one attached hydrogen (secondary N) is 1. The number of amides is 2. The molecule has 3 aromatic rings. The minimum atomic E-state index is -0.315. The van der Waals surface area contributed by atoms with Gasteiger partial charge in [0.1, 0.15) is 0 Å². The molecule has 1 saturated carbocycles. The Morgan fingerprint density at radius 2 is 1.93 bits per heavy atom. The van der Waals surface area contributed by atoms with Gasteiger partial charge in [0.25, 0.3) is 11.8 Å². The molecule has 8 nitrogen and oxygen atoms in total. The molecule has 1 N–H and O–H groups in total. The Kier molecular flexibility index (Phi) is 4.14. The average Bonchev–Trinajstić information content (AvgIpc) is 3.20. The van der Waals surface area contributed by atoms with Crippen molar-refractivity contribution >= 4 is 35.1 Å². The molecule has 9 heteroatoms. The van der Waals surface area contributed by atoms with Gasteiger partial charge < -0.3 is 5.32 Å². The van der Waals surface area contributed by atoms with Crippen molar-refractivity contribution in [1.82, 2.24) is 24.6 Å². The van der Waals surface area contributed by atoms with E-state index in [0.717, 1.165) is 34.6 Å². The van der Waals surface area contributed by atoms with Crippen molar-refractivity contribution in [2.45, 2.75) is 31.2 Å². The van der Waals surface area contributed by atoms with Gasteiger partial charge in [0.2, 0.25) is 5.95 Å². The van der Waals surface area contributed by atoms with E-state index >= 15 is 0 Å². The summed E-state index contributed by atoms with van der Waals surface area (Å²) in [5.74, 6) is -0.217. The van der Waals surface area contributed by atoms with Gasteiger partial charge in [-0.15, -0.1) is 11.6 Å². The highest BCUT2D eigenvalue weighted by Crippen LogP contribution is 2.43. The number of alkyl halides is 1. The number of carbonyl (C=O) groups is 2. The van der Waals surface area contributed by atoms with E-state index in [0.29, 0.717) is 29.3 Å². The predicted molar refractivity (Wildman–Crippen MR) is 112 cm³/mol. The highest BCUT2D eigenvalue weighted by atomic mass is 35.5. The van der Waals surface area contributed by atoms with Crippen LogP contribution in [0.1, 0.15) is 39.1 Å².